The largest absolute Gasteiger partial charge is 0.481 e. The summed E-state index contributed by atoms with van der Waals surface area (Å²) in [7, 11) is -3.80. The molecule has 0 heterocycles. The van der Waals surface area contributed by atoms with Crippen LogP contribution in [0.25, 0.3) is 0 Å². The first-order chi connectivity index (χ1) is 11.2. The van der Waals surface area contributed by atoms with Crippen LogP contribution in [0.15, 0.2) is 24.3 Å². The second-order valence-corrected chi connectivity index (χ2v) is 8.62. The third-order valence-electron chi connectivity index (χ3n) is 4.08. The summed E-state index contributed by atoms with van der Waals surface area (Å²) in [5.74, 6) is -3.46. The van der Waals surface area contributed by atoms with E-state index >= 15 is 0 Å². The van der Waals surface area contributed by atoms with Gasteiger partial charge in [-0.25, -0.2) is 0 Å². The number of carboxylic acids is 2. The average molecular weight is 356 g/mol. The van der Waals surface area contributed by atoms with Gasteiger partial charge in [-0.3, -0.25) is 14.2 Å². The van der Waals surface area contributed by atoms with Crippen LogP contribution in [0.5, 0.6) is 0 Å². The predicted octanol–water partition coefficient (Wildman–Crippen LogP) is 3.50. The van der Waals surface area contributed by atoms with Crippen molar-refractivity contribution in [1.29, 1.82) is 0 Å². The lowest BCUT2D eigenvalue weighted by Gasteiger charge is -2.28. The number of carboxylic acid groups (broad SMARTS) is 2. The Labute approximate surface area is 142 Å². The van der Waals surface area contributed by atoms with E-state index in [0.717, 1.165) is 5.56 Å². The summed E-state index contributed by atoms with van der Waals surface area (Å²) in [6.45, 7) is 3.73. The first kappa shape index (κ1) is 20.4. The lowest BCUT2D eigenvalue weighted by Crippen LogP contribution is -2.29. The van der Waals surface area contributed by atoms with Crippen molar-refractivity contribution in [3.05, 3.63) is 35.4 Å². The molecule has 134 valence electrons. The third-order valence-corrected chi connectivity index (χ3v) is 6.56. The number of benzene rings is 1. The second-order valence-electron chi connectivity index (χ2n) is 6.13. The molecule has 0 spiro atoms. The Hall–Kier alpha value is -1.65. The van der Waals surface area contributed by atoms with Crippen molar-refractivity contribution < 1.29 is 29.3 Å². The summed E-state index contributed by atoms with van der Waals surface area (Å²) in [6.07, 6.45) is 0.250. The smallest absolute Gasteiger partial charge is 0.307 e. The molecule has 0 aliphatic carbocycles. The van der Waals surface area contributed by atoms with E-state index in [9.17, 15) is 24.2 Å². The molecule has 0 bridgehead atoms. The minimum Gasteiger partial charge on any atom is -0.481 e. The molecule has 0 amide bonds. The summed E-state index contributed by atoms with van der Waals surface area (Å²) in [4.78, 5) is 32.9. The molecule has 3 N–H and O–H groups in total. The van der Waals surface area contributed by atoms with E-state index in [0.29, 0.717) is 12.0 Å². The molecule has 3 unspecified atom stereocenters. The number of carbonyl (C=O) groups is 2. The minimum absolute atomic E-state index is 0.102. The molecule has 24 heavy (non-hydrogen) atoms. The maximum absolute atomic E-state index is 12.9. The van der Waals surface area contributed by atoms with Crippen LogP contribution in [-0.4, -0.2) is 32.7 Å². The molecule has 0 saturated carbocycles. The van der Waals surface area contributed by atoms with Crippen LogP contribution in [-0.2, 0) is 20.3 Å². The summed E-state index contributed by atoms with van der Waals surface area (Å²) in [5, 5.41) is 18.2. The van der Waals surface area contributed by atoms with Gasteiger partial charge in [0.2, 0.25) is 7.37 Å². The zero-order chi connectivity index (χ0) is 18.3. The molecule has 0 saturated heterocycles. The van der Waals surface area contributed by atoms with Crippen molar-refractivity contribution in [2.75, 3.05) is 0 Å². The summed E-state index contributed by atoms with van der Waals surface area (Å²) in [6, 6.07) is 7.19. The van der Waals surface area contributed by atoms with Gasteiger partial charge in [0.05, 0.1) is 5.92 Å². The lowest BCUT2D eigenvalue weighted by atomic mass is 9.96. The van der Waals surface area contributed by atoms with Gasteiger partial charge in [0.25, 0.3) is 0 Å². The Balaban J connectivity index is 3.04. The molecule has 0 fully saturated rings. The van der Waals surface area contributed by atoms with Crippen molar-refractivity contribution in [3.8, 4) is 0 Å². The summed E-state index contributed by atoms with van der Waals surface area (Å²) >= 11 is 0. The van der Waals surface area contributed by atoms with Crippen LogP contribution in [0.4, 0.5) is 0 Å². The molecular weight excluding hydrogens is 331 g/mol. The Bertz CT molecular complexity index is 610. The van der Waals surface area contributed by atoms with Crippen molar-refractivity contribution in [1.82, 2.24) is 0 Å². The highest BCUT2D eigenvalue weighted by Gasteiger charge is 2.40. The van der Waals surface area contributed by atoms with E-state index in [2.05, 4.69) is 0 Å². The van der Waals surface area contributed by atoms with E-state index in [1.807, 2.05) is 26.0 Å². The fraction of sp³-hybridized carbons (Fsp3) is 0.529. The predicted molar refractivity (Wildman–Crippen MR) is 91.4 cm³/mol. The molecule has 1 rings (SSSR count). The monoisotopic (exact) mass is 356 g/mol. The van der Waals surface area contributed by atoms with Gasteiger partial charge < -0.3 is 15.1 Å². The average Bonchev–Trinajstić information content (AvgIpc) is 2.48. The van der Waals surface area contributed by atoms with E-state index < -0.39 is 30.9 Å². The first-order valence-electron chi connectivity index (χ1n) is 7.99. The normalized spacial score (nSPS) is 16.1. The summed E-state index contributed by atoms with van der Waals surface area (Å²) in [5.41, 5.74) is 0.761. The molecule has 0 radical (unpaired) electrons. The maximum Gasteiger partial charge on any atom is 0.307 e. The van der Waals surface area contributed by atoms with E-state index in [4.69, 9.17) is 5.11 Å². The number of rotatable bonds is 10. The van der Waals surface area contributed by atoms with E-state index in [1.54, 1.807) is 12.1 Å². The molecule has 0 aliphatic rings. The highest BCUT2D eigenvalue weighted by molar-refractivity contribution is 7.58. The zero-order valence-corrected chi connectivity index (χ0v) is 14.9. The Morgan fingerprint density at radius 3 is 2.17 bits per heavy atom. The van der Waals surface area contributed by atoms with Crippen molar-refractivity contribution in [2.45, 2.75) is 51.4 Å². The molecule has 0 aliphatic heterocycles. The highest BCUT2D eigenvalue weighted by atomic mass is 31.2. The van der Waals surface area contributed by atoms with E-state index in [1.165, 1.54) is 0 Å². The maximum atomic E-state index is 12.9. The van der Waals surface area contributed by atoms with Gasteiger partial charge in [0.1, 0.15) is 0 Å². The van der Waals surface area contributed by atoms with Crippen LogP contribution in [0.2, 0.25) is 0 Å². The number of aryl methyl sites for hydroxylation is 1. The second kappa shape index (κ2) is 9.00. The standard InChI is InChI=1S/C17H25O6P/c1-3-4-15(14(17(20)21)9-10-16(18)19)24(22,23)11-13-7-5-12(2)6-8-13/h5-8,14-15H,3-4,9-11H2,1-2H3,(H,18,19)(H,20,21)(H,22,23). The van der Waals surface area contributed by atoms with E-state index in [-0.39, 0.29) is 25.4 Å². The van der Waals surface area contributed by atoms with Crippen LogP contribution in [0, 0.1) is 12.8 Å². The molecule has 1 aromatic rings. The Morgan fingerprint density at radius 2 is 1.71 bits per heavy atom. The molecule has 3 atom stereocenters. The number of hydrogen-bond acceptors (Lipinski definition) is 3. The fourth-order valence-electron chi connectivity index (χ4n) is 2.81. The SMILES string of the molecule is CCCC(C(CCC(=O)O)C(=O)O)P(=O)(O)Cc1ccc(C)cc1. The minimum atomic E-state index is -3.80. The Morgan fingerprint density at radius 1 is 1.12 bits per heavy atom. The number of hydrogen-bond donors (Lipinski definition) is 3. The molecule has 0 aromatic heterocycles. The van der Waals surface area contributed by atoms with Gasteiger partial charge in [-0.1, -0.05) is 43.2 Å². The van der Waals surface area contributed by atoms with Gasteiger partial charge >= 0.3 is 11.9 Å². The topological polar surface area (TPSA) is 112 Å². The molecule has 6 nitrogen and oxygen atoms in total. The van der Waals surface area contributed by atoms with Gasteiger partial charge in [-0.2, -0.15) is 0 Å². The lowest BCUT2D eigenvalue weighted by molar-refractivity contribution is -0.143. The first-order valence-corrected chi connectivity index (χ1v) is 9.90. The summed E-state index contributed by atoms with van der Waals surface area (Å²) < 4.78 is 12.9. The van der Waals surface area contributed by atoms with Crippen LogP contribution in [0.1, 0.15) is 43.7 Å². The Kier molecular flexibility index (Phi) is 7.64. The highest BCUT2D eigenvalue weighted by Crippen LogP contribution is 2.54. The van der Waals surface area contributed by atoms with Crippen molar-refractivity contribution in [3.63, 3.8) is 0 Å². The van der Waals surface area contributed by atoms with Crippen molar-refractivity contribution >= 4 is 19.3 Å². The molecule has 1 aromatic carbocycles. The number of aliphatic carboxylic acids is 2. The third kappa shape index (κ3) is 6.10. The van der Waals surface area contributed by atoms with Gasteiger partial charge in [-0.15, -0.1) is 0 Å². The van der Waals surface area contributed by atoms with Crippen molar-refractivity contribution in [2.24, 2.45) is 5.92 Å². The molecule has 7 heteroatoms. The van der Waals surface area contributed by atoms with Gasteiger partial charge in [0.15, 0.2) is 0 Å². The van der Waals surface area contributed by atoms with Crippen LogP contribution < -0.4 is 0 Å². The molecular formula is C17H25O6P. The van der Waals surface area contributed by atoms with Crippen LogP contribution in [0.3, 0.4) is 0 Å². The quantitative estimate of drug-likeness (QED) is 0.553. The zero-order valence-electron chi connectivity index (χ0n) is 14.0. The van der Waals surface area contributed by atoms with Gasteiger partial charge in [0, 0.05) is 18.2 Å². The van der Waals surface area contributed by atoms with Crippen LogP contribution >= 0.6 is 7.37 Å². The van der Waals surface area contributed by atoms with Gasteiger partial charge in [-0.05, 0) is 25.3 Å². The fourth-order valence-corrected chi connectivity index (χ4v) is 5.28.